The Kier molecular flexibility index (Phi) is 4.74. The van der Waals surface area contributed by atoms with Crippen LogP contribution < -0.4 is 0 Å². The summed E-state index contributed by atoms with van der Waals surface area (Å²) in [7, 11) is 0. The van der Waals surface area contributed by atoms with Gasteiger partial charge in [0.25, 0.3) is 0 Å². The Morgan fingerprint density at radius 3 is 2.22 bits per heavy atom. The SMILES string of the molecule is O=C(O)[C@H](c1ccccc1)N1C[C@H](CO)[C@@H](c2ccccc2)C1. The lowest BCUT2D eigenvalue weighted by Gasteiger charge is -2.24. The van der Waals surface area contributed by atoms with Gasteiger partial charge in [0, 0.05) is 31.5 Å². The summed E-state index contributed by atoms with van der Waals surface area (Å²) in [5.41, 5.74) is 1.94. The van der Waals surface area contributed by atoms with Gasteiger partial charge in [-0.2, -0.15) is 0 Å². The molecule has 0 aliphatic carbocycles. The fourth-order valence-corrected chi connectivity index (χ4v) is 3.52. The molecule has 0 amide bonds. The van der Waals surface area contributed by atoms with Crippen LogP contribution in [0.1, 0.15) is 23.1 Å². The van der Waals surface area contributed by atoms with Crippen LogP contribution in [0.15, 0.2) is 60.7 Å². The number of benzene rings is 2. The second-order valence-electron chi connectivity index (χ2n) is 6.07. The molecule has 1 heterocycles. The summed E-state index contributed by atoms with van der Waals surface area (Å²) in [6.45, 7) is 1.29. The van der Waals surface area contributed by atoms with Gasteiger partial charge in [-0.1, -0.05) is 60.7 Å². The highest BCUT2D eigenvalue weighted by Crippen LogP contribution is 2.37. The third-order valence-corrected chi connectivity index (χ3v) is 4.65. The first-order valence-electron chi connectivity index (χ1n) is 7.88. The predicted molar refractivity (Wildman–Crippen MR) is 88.2 cm³/mol. The van der Waals surface area contributed by atoms with Crippen molar-refractivity contribution in [3.05, 3.63) is 71.8 Å². The van der Waals surface area contributed by atoms with Gasteiger partial charge in [0.15, 0.2) is 0 Å². The fraction of sp³-hybridized carbons (Fsp3) is 0.316. The summed E-state index contributed by atoms with van der Waals surface area (Å²) in [6, 6.07) is 18.7. The molecule has 23 heavy (non-hydrogen) atoms. The number of hydrogen-bond donors (Lipinski definition) is 2. The lowest BCUT2D eigenvalue weighted by molar-refractivity contribution is -0.143. The first kappa shape index (κ1) is 15.7. The van der Waals surface area contributed by atoms with E-state index < -0.39 is 12.0 Å². The van der Waals surface area contributed by atoms with E-state index in [9.17, 15) is 15.0 Å². The van der Waals surface area contributed by atoms with Crippen LogP contribution in [-0.2, 0) is 4.79 Å². The van der Waals surface area contributed by atoms with Crippen LogP contribution >= 0.6 is 0 Å². The normalized spacial score (nSPS) is 22.8. The van der Waals surface area contributed by atoms with Gasteiger partial charge in [-0.15, -0.1) is 0 Å². The Labute approximate surface area is 136 Å². The van der Waals surface area contributed by atoms with Gasteiger partial charge in [-0.3, -0.25) is 9.69 Å². The fourth-order valence-electron chi connectivity index (χ4n) is 3.52. The van der Waals surface area contributed by atoms with Crippen LogP contribution in [0.25, 0.3) is 0 Å². The summed E-state index contributed by atoms with van der Waals surface area (Å²) >= 11 is 0. The Hall–Kier alpha value is -2.17. The molecule has 0 aromatic heterocycles. The van der Waals surface area contributed by atoms with Crippen LogP contribution in [0.3, 0.4) is 0 Å². The molecule has 1 saturated heterocycles. The predicted octanol–water partition coefficient (Wildman–Crippen LogP) is 2.52. The molecule has 0 bridgehead atoms. The zero-order chi connectivity index (χ0) is 16.2. The standard InChI is InChI=1S/C19H21NO3/c21-13-16-11-20(12-17(16)14-7-3-1-4-8-14)18(19(22)23)15-9-5-2-6-10-15/h1-10,16-18,21H,11-13H2,(H,22,23)/t16-,17-,18+/m1/s1. The summed E-state index contributed by atoms with van der Waals surface area (Å²) in [5, 5.41) is 19.4. The van der Waals surface area contributed by atoms with E-state index in [4.69, 9.17) is 0 Å². The lowest BCUT2D eigenvalue weighted by atomic mass is 9.90. The van der Waals surface area contributed by atoms with Crippen molar-refractivity contribution in [3.8, 4) is 0 Å². The Bertz CT molecular complexity index is 644. The molecule has 2 aromatic rings. The molecular formula is C19H21NO3. The average Bonchev–Trinajstić information content (AvgIpc) is 3.00. The van der Waals surface area contributed by atoms with Gasteiger partial charge in [0.2, 0.25) is 0 Å². The summed E-state index contributed by atoms with van der Waals surface area (Å²) in [5.74, 6) is -0.628. The Morgan fingerprint density at radius 2 is 1.65 bits per heavy atom. The van der Waals surface area contributed by atoms with Crippen molar-refractivity contribution in [2.24, 2.45) is 5.92 Å². The third kappa shape index (κ3) is 3.28. The quantitative estimate of drug-likeness (QED) is 0.891. The minimum absolute atomic E-state index is 0.0583. The second-order valence-corrected chi connectivity index (χ2v) is 6.07. The topological polar surface area (TPSA) is 60.8 Å². The van der Waals surface area contributed by atoms with Crippen molar-refractivity contribution in [1.82, 2.24) is 4.90 Å². The van der Waals surface area contributed by atoms with Crippen LogP contribution in [0.2, 0.25) is 0 Å². The summed E-state index contributed by atoms with van der Waals surface area (Å²) < 4.78 is 0. The van der Waals surface area contributed by atoms with Crippen molar-refractivity contribution in [3.63, 3.8) is 0 Å². The molecule has 1 fully saturated rings. The first-order valence-corrected chi connectivity index (χ1v) is 7.88. The van der Waals surface area contributed by atoms with E-state index in [2.05, 4.69) is 12.1 Å². The molecule has 3 rings (SSSR count). The van der Waals surface area contributed by atoms with Crippen molar-refractivity contribution in [2.75, 3.05) is 19.7 Å². The number of carboxylic acid groups (broad SMARTS) is 1. The number of carboxylic acids is 1. The number of nitrogens with zero attached hydrogens (tertiary/aromatic N) is 1. The second kappa shape index (κ2) is 6.94. The minimum Gasteiger partial charge on any atom is -0.480 e. The monoisotopic (exact) mass is 311 g/mol. The van der Waals surface area contributed by atoms with Crippen LogP contribution in [-0.4, -0.2) is 40.8 Å². The maximum atomic E-state index is 11.8. The van der Waals surface area contributed by atoms with Crippen LogP contribution in [0, 0.1) is 5.92 Å². The summed E-state index contributed by atoms with van der Waals surface area (Å²) in [6.07, 6.45) is 0. The highest BCUT2D eigenvalue weighted by Gasteiger charge is 2.39. The van der Waals surface area contributed by atoms with Gasteiger partial charge < -0.3 is 10.2 Å². The number of likely N-dealkylation sites (tertiary alicyclic amines) is 1. The molecule has 120 valence electrons. The zero-order valence-electron chi connectivity index (χ0n) is 12.9. The summed E-state index contributed by atoms with van der Waals surface area (Å²) in [4.78, 5) is 13.8. The van der Waals surface area contributed by atoms with Gasteiger partial charge in [-0.05, 0) is 11.1 Å². The van der Waals surface area contributed by atoms with Crippen molar-refractivity contribution < 1.29 is 15.0 Å². The molecule has 0 spiro atoms. The molecule has 1 aliphatic rings. The molecule has 4 heteroatoms. The maximum absolute atomic E-state index is 11.8. The van der Waals surface area contributed by atoms with Gasteiger partial charge >= 0.3 is 5.97 Å². The highest BCUT2D eigenvalue weighted by molar-refractivity contribution is 5.75. The Balaban J connectivity index is 1.87. The van der Waals surface area contributed by atoms with Crippen LogP contribution in [0.5, 0.6) is 0 Å². The number of rotatable bonds is 5. The number of aliphatic carboxylic acids is 1. The maximum Gasteiger partial charge on any atom is 0.325 e. The van der Waals surface area contributed by atoms with Gasteiger partial charge in [0.1, 0.15) is 6.04 Å². The number of aliphatic hydroxyl groups is 1. The smallest absolute Gasteiger partial charge is 0.325 e. The lowest BCUT2D eigenvalue weighted by Crippen LogP contribution is -2.32. The third-order valence-electron chi connectivity index (χ3n) is 4.65. The molecule has 2 N–H and O–H groups in total. The molecular weight excluding hydrogens is 290 g/mol. The zero-order valence-corrected chi connectivity index (χ0v) is 12.9. The van der Waals surface area contributed by atoms with E-state index in [0.717, 1.165) is 11.1 Å². The molecule has 1 aliphatic heterocycles. The number of aliphatic hydroxyl groups excluding tert-OH is 1. The largest absolute Gasteiger partial charge is 0.480 e. The Morgan fingerprint density at radius 1 is 1.04 bits per heavy atom. The van der Waals surface area contributed by atoms with Gasteiger partial charge in [-0.25, -0.2) is 0 Å². The van der Waals surface area contributed by atoms with E-state index in [1.165, 1.54) is 0 Å². The first-order chi connectivity index (χ1) is 11.2. The number of hydrogen-bond acceptors (Lipinski definition) is 3. The molecule has 4 nitrogen and oxygen atoms in total. The van der Waals surface area contributed by atoms with E-state index in [-0.39, 0.29) is 18.4 Å². The van der Waals surface area contributed by atoms with E-state index in [1.54, 1.807) is 0 Å². The minimum atomic E-state index is -0.846. The molecule has 0 radical (unpaired) electrons. The molecule has 3 atom stereocenters. The van der Waals surface area contributed by atoms with E-state index in [1.807, 2.05) is 53.4 Å². The average molecular weight is 311 g/mol. The van der Waals surface area contributed by atoms with E-state index in [0.29, 0.717) is 13.1 Å². The van der Waals surface area contributed by atoms with Gasteiger partial charge in [0.05, 0.1) is 0 Å². The molecule has 0 saturated carbocycles. The van der Waals surface area contributed by atoms with Crippen LogP contribution in [0.4, 0.5) is 0 Å². The van der Waals surface area contributed by atoms with Crippen molar-refractivity contribution in [2.45, 2.75) is 12.0 Å². The van der Waals surface area contributed by atoms with Crippen molar-refractivity contribution in [1.29, 1.82) is 0 Å². The molecule has 0 unspecified atom stereocenters. The highest BCUT2D eigenvalue weighted by atomic mass is 16.4. The molecule has 2 aromatic carbocycles. The van der Waals surface area contributed by atoms with E-state index >= 15 is 0 Å². The number of carbonyl (C=O) groups is 1. The van der Waals surface area contributed by atoms with Crippen molar-refractivity contribution >= 4 is 5.97 Å².